The summed E-state index contributed by atoms with van der Waals surface area (Å²) in [5, 5.41) is 4.18. The van der Waals surface area contributed by atoms with E-state index in [2.05, 4.69) is 20.5 Å². The summed E-state index contributed by atoms with van der Waals surface area (Å²) in [6.07, 6.45) is 1.65. The SMILES string of the molecule is CCN=C([S-])N/N=C(\N)c1ccccn1.[Cl][Sn+]([Cl])[Cl]. The van der Waals surface area contributed by atoms with Gasteiger partial charge in [-0.05, 0) is 24.2 Å². The molecule has 0 aromatic carbocycles. The van der Waals surface area contributed by atoms with Crippen molar-refractivity contribution >= 4 is 66.8 Å². The first-order chi connectivity index (χ1) is 8.97. The van der Waals surface area contributed by atoms with E-state index in [1.54, 1.807) is 18.3 Å². The second kappa shape index (κ2) is 11.8. The van der Waals surface area contributed by atoms with Crippen molar-refractivity contribution in [1.82, 2.24) is 10.4 Å². The van der Waals surface area contributed by atoms with Crippen LogP contribution >= 0.6 is 26.8 Å². The van der Waals surface area contributed by atoms with Crippen molar-refractivity contribution in [3.63, 3.8) is 0 Å². The molecule has 0 aliphatic rings. The van der Waals surface area contributed by atoms with Crippen molar-refractivity contribution < 1.29 is 0 Å². The Bertz CT molecular complexity index is 413. The fourth-order valence-electron chi connectivity index (χ4n) is 0.859. The number of nitrogens with one attached hydrogen (secondary N) is 1. The molecular formula is C9H12Cl3N5SSn. The van der Waals surface area contributed by atoms with E-state index in [-0.39, 0.29) is 5.84 Å². The molecule has 19 heavy (non-hydrogen) atoms. The van der Waals surface area contributed by atoms with E-state index in [9.17, 15) is 0 Å². The van der Waals surface area contributed by atoms with Crippen molar-refractivity contribution in [3.05, 3.63) is 30.1 Å². The number of hydrogen-bond acceptors (Lipinski definition) is 4. The zero-order chi connectivity index (χ0) is 14.7. The summed E-state index contributed by atoms with van der Waals surface area (Å²) in [4.78, 5) is 7.96. The average molecular weight is 447 g/mol. The number of pyridine rings is 1. The minimum atomic E-state index is -2.13. The first-order valence-electron chi connectivity index (χ1n) is 5.02. The van der Waals surface area contributed by atoms with Crippen LogP contribution in [0.1, 0.15) is 12.6 Å². The number of rotatable bonds is 3. The van der Waals surface area contributed by atoms with Gasteiger partial charge in [0, 0.05) is 12.7 Å². The molecule has 0 fully saturated rings. The molecule has 104 valence electrons. The van der Waals surface area contributed by atoms with Crippen LogP contribution in [0.5, 0.6) is 0 Å². The van der Waals surface area contributed by atoms with E-state index in [4.69, 9.17) is 45.1 Å². The van der Waals surface area contributed by atoms with Gasteiger partial charge in [-0.15, -0.1) is 0 Å². The van der Waals surface area contributed by atoms with E-state index < -0.39 is 16.4 Å². The van der Waals surface area contributed by atoms with Crippen LogP contribution in [0.25, 0.3) is 0 Å². The van der Waals surface area contributed by atoms with Gasteiger partial charge in [0.1, 0.15) is 5.69 Å². The molecule has 1 heterocycles. The number of aromatic nitrogens is 1. The first-order valence-corrected chi connectivity index (χ1v) is 16.3. The number of nitrogens with two attached hydrogens (primary N) is 1. The minimum absolute atomic E-state index is 0.282. The molecule has 0 amide bonds. The normalized spacial score (nSPS) is 11.4. The molecule has 0 aliphatic carbocycles. The summed E-state index contributed by atoms with van der Waals surface area (Å²) in [5.41, 5.74) is 8.83. The summed E-state index contributed by atoms with van der Waals surface area (Å²) in [7, 11) is 15.0. The van der Waals surface area contributed by atoms with Crippen LogP contribution in [0.2, 0.25) is 0 Å². The Kier molecular flexibility index (Phi) is 11.8. The number of amidine groups is 2. The first kappa shape index (κ1) is 19.0. The van der Waals surface area contributed by atoms with Gasteiger partial charge in [0.05, 0.1) is 0 Å². The molecule has 1 aromatic heterocycles. The van der Waals surface area contributed by atoms with Gasteiger partial charge in [-0.3, -0.25) is 15.4 Å². The van der Waals surface area contributed by atoms with Crippen LogP contribution in [-0.4, -0.2) is 38.9 Å². The van der Waals surface area contributed by atoms with Crippen molar-refractivity contribution in [2.45, 2.75) is 6.92 Å². The standard InChI is InChI=1S/C9H13N5S.3ClH.Sn/c1-2-11-9(15)14-13-8(10)7-5-3-4-6-12-7;;;;/h3-6H,2H2,1H3,(H2,10,13)(H2,11,14,15);3*1H;/q;;;;+4/p-4. The monoisotopic (exact) mass is 447 g/mol. The molecule has 0 unspecified atom stereocenters. The molecule has 1 rings (SSSR count). The summed E-state index contributed by atoms with van der Waals surface area (Å²) < 4.78 is 0. The molecule has 0 bridgehead atoms. The van der Waals surface area contributed by atoms with Gasteiger partial charge >= 0.3 is 43.1 Å². The summed E-state index contributed by atoms with van der Waals surface area (Å²) in [5.74, 6) is 0.282. The Morgan fingerprint density at radius 3 is 2.58 bits per heavy atom. The summed E-state index contributed by atoms with van der Waals surface area (Å²) in [6, 6.07) is 5.40. The molecule has 0 radical (unpaired) electrons. The van der Waals surface area contributed by atoms with Crippen LogP contribution in [0, 0.1) is 0 Å². The van der Waals surface area contributed by atoms with Gasteiger partial charge in [0.15, 0.2) is 5.84 Å². The van der Waals surface area contributed by atoms with E-state index in [1.165, 1.54) is 0 Å². The predicted octanol–water partition coefficient (Wildman–Crippen LogP) is 1.90. The third-order valence-corrected chi connectivity index (χ3v) is 1.72. The molecular weight excluding hydrogens is 435 g/mol. The van der Waals surface area contributed by atoms with E-state index >= 15 is 0 Å². The maximum atomic E-state index is 5.66. The molecule has 0 aliphatic heterocycles. The molecule has 0 spiro atoms. The number of halogens is 3. The van der Waals surface area contributed by atoms with Crippen molar-refractivity contribution in [3.8, 4) is 0 Å². The summed E-state index contributed by atoms with van der Waals surface area (Å²) >= 11 is 2.73. The van der Waals surface area contributed by atoms with Crippen molar-refractivity contribution in [2.75, 3.05) is 6.54 Å². The average Bonchev–Trinajstić information content (AvgIpc) is 2.37. The molecule has 0 saturated heterocycles. The fourth-order valence-corrected chi connectivity index (χ4v) is 1.03. The van der Waals surface area contributed by atoms with Gasteiger partial charge in [0.25, 0.3) is 0 Å². The van der Waals surface area contributed by atoms with Gasteiger partial charge in [-0.2, -0.15) is 5.10 Å². The van der Waals surface area contributed by atoms with Crippen molar-refractivity contribution in [2.24, 2.45) is 15.8 Å². The number of nitrogens with zero attached hydrogens (tertiary/aromatic N) is 3. The van der Waals surface area contributed by atoms with E-state index in [0.717, 1.165) is 0 Å². The summed E-state index contributed by atoms with van der Waals surface area (Å²) in [6.45, 7) is 2.50. The Hall–Kier alpha value is -0.0213. The number of hydrogen-bond donors (Lipinski definition) is 2. The van der Waals surface area contributed by atoms with Crippen LogP contribution in [0.4, 0.5) is 0 Å². The number of aliphatic imine (C=N–C) groups is 1. The van der Waals surface area contributed by atoms with Gasteiger partial charge in [-0.1, -0.05) is 6.07 Å². The van der Waals surface area contributed by atoms with E-state index in [0.29, 0.717) is 17.4 Å². The van der Waals surface area contributed by atoms with Gasteiger partial charge in [0.2, 0.25) is 0 Å². The van der Waals surface area contributed by atoms with Crippen LogP contribution in [0.3, 0.4) is 0 Å². The Labute approximate surface area is 135 Å². The maximum absolute atomic E-state index is 5.66. The van der Waals surface area contributed by atoms with E-state index in [1.807, 2.05) is 13.0 Å². The molecule has 3 N–H and O–H groups in total. The Morgan fingerprint density at radius 1 is 1.47 bits per heavy atom. The third-order valence-electron chi connectivity index (χ3n) is 1.50. The fraction of sp³-hybridized carbons (Fsp3) is 0.222. The van der Waals surface area contributed by atoms with Gasteiger partial charge < -0.3 is 18.4 Å². The predicted molar refractivity (Wildman–Crippen MR) is 86.8 cm³/mol. The Balaban J connectivity index is 0.000000711. The second-order valence-electron chi connectivity index (χ2n) is 2.82. The molecule has 0 atom stereocenters. The van der Waals surface area contributed by atoms with Crippen LogP contribution in [0.15, 0.2) is 34.5 Å². The molecule has 1 aromatic rings. The second-order valence-corrected chi connectivity index (χ2v) is 15.9. The zero-order valence-corrected chi connectivity index (χ0v) is 15.9. The van der Waals surface area contributed by atoms with Crippen molar-refractivity contribution in [1.29, 1.82) is 0 Å². The molecule has 0 saturated carbocycles. The topological polar surface area (TPSA) is 75.7 Å². The number of hydrazone groups is 1. The van der Waals surface area contributed by atoms with Crippen LogP contribution < -0.4 is 11.2 Å². The zero-order valence-electron chi connectivity index (χ0n) is 9.98. The van der Waals surface area contributed by atoms with Gasteiger partial charge in [-0.25, -0.2) is 0 Å². The van der Waals surface area contributed by atoms with Crippen LogP contribution in [-0.2, 0) is 12.6 Å². The molecule has 5 nitrogen and oxygen atoms in total. The quantitative estimate of drug-likeness (QED) is 0.244. The molecule has 10 heteroatoms. The third kappa shape index (κ3) is 11.5. The Morgan fingerprint density at radius 2 is 2.11 bits per heavy atom.